The van der Waals surface area contributed by atoms with Crippen molar-refractivity contribution in [1.29, 1.82) is 0 Å². The van der Waals surface area contributed by atoms with Crippen molar-refractivity contribution in [3.8, 4) is 0 Å². The van der Waals surface area contributed by atoms with Gasteiger partial charge in [0, 0.05) is 11.8 Å². The molecule has 0 unspecified atom stereocenters. The highest BCUT2D eigenvalue weighted by molar-refractivity contribution is 5.83. The Balaban J connectivity index is 0.00000100. The lowest BCUT2D eigenvalue weighted by Gasteiger charge is -2.48. The van der Waals surface area contributed by atoms with E-state index < -0.39 is 35.6 Å². The summed E-state index contributed by atoms with van der Waals surface area (Å²) in [6.07, 6.45) is 0. The van der Waals surface area contributed by atoms with E-state index in [2.05, 4.69) is 0 Å². The second-order valence-electron chi connectivity index (χ2n) is 5.60. The molecule has 0 spiro atoms. The second-order valence-corrected chi connectivity index (χ2v) is 5.60. The van der Waals surface area contributed by atoms with E-state index in [1.807, 2.05) is 50.2 Å². The molecular weight excluding hydrogens is 304 g/mol. The SMILES string of the molecule is CC.O=C(O)C1C(c2ccccc2)C(C(=O)O)C1c1ccccc1. The van der Waals surface area contributed by atoms with E-state index in [9.17, 15) is 19.8 Å². The van der Waals surface area contributed by atoms with E-state index >= 15 is 0 Å². The number of benzene rings is 2. The van der Waals surface area contributed by atoms with E-state index in [0.29, 0.717) is 0 Å². The van der Waals surface area contributed by atoms with Gasteiger partial charge in [-0.25, -0.2) is 0 Å². The van der Waals surface area contributed by atoms with Gasteiger partial charge in [0.05, 0.1) is 11.8 Å². The van der Waals surface area contributed by atoms with Crippen molar-refractivity contribution in [3.63, 3.8) is 0 Å². The summed E-state index contributed by atoms with van der Waals surface area (Å²) in [7, 11) is 0. The third-order valence-electron chi connectivity index (χ3n) is 4.49. The molecule has 1 fully saturated rings. The van der Waals surface area contributed by atoms with E-state index in [-0.39, 0.29) is 0 Å². The first kappa shape index (κ1) is 17.7. The van der Waals surface area contributed by atoms with Crippen LogP contribution >= 0.6 is 0 Å². The van der Waals surface area contributed by atoms with E-state index in [0.717, 1.165) is 11.1 Å². The van der Waals surface area contributed by atoms with Crippen LogP contribution < -0.4 is 0 Å². The minimum atomic E-state index is -0.944. The lowest BCUT2D eigenvalue weighted by molar-refractivity contribution is -0.159. The van der Waals surface area contributed by atoms with Crippen LogP contribution in [-0.2, 0) is 9.59 Å². The van der Waals surface area contributed by atoms with E-state index in [1.54, 1.807) is 24.3 Å². The fourth-order valence-electron chi connectivity index (χ4n) is 3.54. The fraction of sp³-hybridized carbons (Fsp3) is 0.300. The average molecular weight is 326 g/mol. The standard InChI is InChI=1S/C18H16O4.C2H6/c19-17(20)15-13(11-7-3-1-4-8-11)16(18(21)22)14(15)12-9-5-2-6-10-12;1-2/h1-10,13-16H,(H,19,20)(H,21,22);1-2H3. The van der Waals surface area contributed by atoms with Gasteiger partial charge in [0.2, 0.25) is 0 Å². The van der Waals surface area contributed by atoms with Crippen LogP contribution in [0.15, 0.2) is 60.7 Å². The van der Waals surface area contributed by atoms with Gasteiger partial charge >= 0.3 is 11.9 Å². The summed E-state index contributed by atoms with van der Waals surface area (Å²) >= 11 is 0. The predicted molar refractivity (Wildman–Crippen MR) is 92.0 cm³/mol. The molecule has 4 heteroatoms. The molecule has 1 saturated carbocycles. The molecule has 24 heavy (non-hydrogen) atoms. The lowest BCUT2D eigenvalue weighted by Crippen LogP contribution is -2.50. The van der Waals surface area contributed by atoms with Gasteiger partial charge in [0.1, 0.15) is 0 Å². The summed E-state index contributed by atoms with van der Waals surface area (Å²) < 4.78 is 0. The molecule has 1 aliphatic carbocycles. The van der Waals surface area contributed by atoms with Gasteiger partial charge < -0.3 is 10.2 Å². The Morgan fingerprint density at radius 2 is 0.958 bits per heavy atom. The zero-order chi connectivity index (χ0) is 17.7. The normalized spacial score (nSPS) is 24.9. The Morgan fingerprint density at radius 3 is 1.21 bits per heavy atom. The Kier molecular flexibility index (Phi) is 5.74. The third kappa shape index (κ3) is 3.18. The highest BCUT2D eigenvalue weighted by Gasteiger charge is 2.58. The van der Waals surface area contributed by atoms with Gasteiger partial charge in [0.15, 0.2) is 0 Å². The molecule has 4 nitrogen and oxygen atoms in total. The number of carboxylic acids is 2. The molecule has 0 bridgehead atoms. The second kappa shape index (κ2) is 7.77. The zero-order valence-electron chi connectivity index (χ0n) is 13.8. The third-order valence-corrected chi connectivity index (χ3v) is 4.49. The van der Waals surface area contributed by atoms with Crippen molar-refractivity contribution in [2.45, 2.75) is 25.7 Å². The molecule has 2 aromatic rings. The summed E-state index contributed by atoms with van der Waals surface area (Å²) in [6.45, 7) is 4.00. The van der Waals surface area contributed by atoms with Crippen molar-refractivity contribution in [1.82, 2.24) is 0 Å². The van der Waals surface area contributed by atoms with Crippen molar-refractivity contribution in [3.05, 3.63) is 71.8 Å². The van der Waals surface area contributed by atoms with Crippen LogP contribution in [0.3, 0.4) is 0 Å². The number of hydrogen-bond donors (Lipinski definition) is 2. The zero-order valence-corrected chi connectivity index (χ0v) is 13.8. The Morgan fingerprint density at radius 1 is 0.667 bits per heavy atom. The fourth-order valence-corrected chi connectivity index (χ4v) is 3.54. The smallest absolute Gasteiger partial charge is 0.307 e. The van der Waals surface area contributed by atoms with E-state index in [4.69, 9.17) is 0 Å². The van der Waals surface area contributed by atoms with Crippen LogP contribution in [0.2, 0.25) is 0 Å². The molecule has 0 aromatic heterocycles. The average Bonchev–Trinajstić information content (AvgIpc) is 2.57. The van der Waals surface area contributed by atoms with Gasteiger partial charge in [-0.2, -0.15) is 0 Å². The Labute approximate surface area is 141 Å². The van der Waals surface area contributed by atoms with Gasteiger partial charge in [-0.3, -0.25) is 9.59 Å². The summed E-state index contributed by atoms with van der Waals surface area (Å²) in [5, 5.41) is 19.2. The molecule has 0 heterocycles. The Hall–Kier alpha value is -2.62. The summed E-state index contributed by atoms with van der Waals surface area (Å²) in [5.74, 6) is -4.32. The van der Waals surface area contributed by atoms with Crippen molar-refractivity contribution >= 4 is 11.9 Å². The van der Waals surface area contributed by atoms with Gasteiger partial charge in [-0.1, -0.05) is 74.5 Å². The molecule has 2 aromatic carbocycles. The minimum Gasteiger partial charge on any atom is -0.481 e. The quantitative estimate of drug-likeness (QED) is 0.890. The highest BCUT2D eigenvalue weighted by atomic mass is 16.4. The first-order valence-electron chi connectivity index (χ1n) is 8.16. The van der Waals surface area contributed by atoms with Crippen LogP contribution in [0, 0.1) is 11.8 Å². The van der Waals surface area contributed by atoms with Crippen molar-refractivity contribution in [2.24, 2.45) is 11.8 Å². The van der Waals surface area contributed by atoms with Crippen LogP contribution in [0.5, 0.6) is 0 Å². The molecule has 0 radical (unpaired) electrons. The molecule has 126 valence electrons. The molecule has 0 aliphatic heterocycles. The molecule has 0 atom stereocenters. The number of aliphatic carboxylic acids is 2. The lowest BCUT2D eigenvalue weighted by atomic mass is 9.52. The number of carbonyl (C=O) groups is 2. The molecule has 2 N–H and O–H groups in total. The van der Waals surface area contributed by atoms with Gasteiger partial charge in [-0.15, -0.1) is 0 Å². The minimum absolute atomic E-state index is 0.499. The molecule has 0 amide bonds. The first-order valence-corrected chi connectivity index (χ1v) is 8.16. The topological polar surface area (TPSA) is 74.6 Å². The maximum absolute atomic E-state index is 11.7. The van der Waals surface area contributed by atoms with Crippen molar-refractivity contribution < 1.29 is 19.8 Å². The van der Waals surface area contributed by atoms with Crippen molar-refractivity contribution in [2.75, 3.05) is 0 Å². The monoisotopic (exact) mass is 326 g/mol. The maximum atomic E-state index is 11.7. The predicted octanol–water partition coefficient (Wildman–Crippen LogP) is 4.00. The Bertz CT molecular complexity index is 612. The van der Waals surface area contributed by atoms with Crippen LogP contribution in [0.25, 0.3) is 0 Å². The molecule has 3 rings (SSSR count). The summed E-state index contributed by atoms with van der Waals surface area (Å²) in [6, 6.07) is 18.1. The van der Waals surface area contributed by atoms with Gasteiger partial charge in [0.25, 0.3) is 0 Å². The number of rotatable bonds is 4. The van der Waals surface area contributed by atoms with Gasteiger partial charge in [-0.05, 0) is 11.1 Å². The number of hydrogen-bond acceptors (Lipinski definition) is 2. The largest absolute Gasteiger partial charge is 0.481 e. The molecule has 1 aliphatic rings. The molecule has 0 saturated heterocycles. The first-order chi connectivity index (χ1) is 11.6. The van der Waals surface area contributed by atoms with Crippen LogP contribution in [0.1, 0.15) is 36.8 Å². The van der Waals surface area contributed by atoms with Crippen LogP contribution in [0.4, 0.5) is 0 Å². The van der Waals surface area contributed by atoms with Crippen LogP contribution in [-0.4, -0.2) is 22.2 Å². The molecular formula is C20H22O4. The summed E-state index contributed by atoms with van der Waals surface area (Å²) in [4.78, 5) is 23.4. The number of carboxylic acid groups (broad SMARTS) is 2. The summed E-state index contributed by atoms with van der Waals surface area (Å²) in [5.41, 5.74) is 1.55. The maximum Gasteiger partial charge on any atom is 0.307 e. The highest BCUT2D eigenvalue weighted by Crippen LogP contribution is 2.57. The van der Waals surface area contributed by atoms with E-state index in [1.165, 1.54) is 0 Å².